The third-order valence-corrected chi connectivity index (χ3v) is 9.67. The predicted octanol–water partition coefficient (Wildman–Crippen LogP) is 15.0. The third kappa shape index (κ3) is 10.5. The van der Waals surface area contributed by atoms with Gasteiger partial charge in [0.05, 0.1) is 0 Å². The highest BCUT2D eigenvalue weighted by Gasteiger charge is 2.16. The molecule has 0 unspecified atom stereocenters. The van der Waals surface area contributed by atoms with Crippen molar-refractivity contribution in [3.8, 4) is 0 Å². The van der Waals surface area contributed by atoms with Crippen molar-refractivity contribution in [1.82, 2.24) is 0 Å². The summed E-state index contributed by atoms with van der Waals surface area (Å²) in [5.41, 5.74) is 15.2. The number of benzene rings is 6. The molecule has 2 nitrogen and oxygen atoms in total. The van der Waals surface area contributed by atoms with Crippen molar-refractivity contribution in [1.29, 1.82) is 0 Å². The average Bonchev–Trinajstić information content (AvgIpc) is 3.14. The summed E-state index contributed by atoms with van der Waals surface area (Å²) in [6.07, 6.45) is 6.42. The molecule has 0 aromatic heterocycles. The summed E-state index contributed by atoms with van der Waals surface area (Å²) >= 11 is 0. The van der Waals surface area contributed by atoms with Crippen LogP contribution in [0.1, 0.15) is 86.8 Å². The summed E-state index contributed by atoms with van der Waals surface area (Å²) in [4.78, 5) is 4.64. The molecule has 0 aliphatic carbocycles. The summed E-state index contributed by atoms with van der Waals surface area (Å²) in [6, 6.07) is 53.0. The van der Waals surface area contributed by atoms with Gasteiger partial charge in [0, 0.05) is 34.1 Å². The molecule has 268 valence electrons. The van der Waals surface area contributed by atoms with Gasteiger partial charge < -0.3 is 9.80 Å². The lowest BCUT2D eigenvalue weighted by molar-refractivity contribution is 0.590. The van der Waals surface area contributed by atoms with Crippen LogP contribution < -0.4 is 9.80 Å². The van der Waals surface area contributed by atoms with Gasteiger partial charge in [-0.25, -0.2) is 0 Å². The maximum absolute atomic E-state index is 2.33. The van der Waals surface area contributed by atoms with E-state index in [1.807, 2.05) is 0 Å². The first-order valence-corrected chi connectivity index (χ1v) is 19.1. The molecule has 0 saturated heterocycles. The number of unbranched alkanes of at least 4 members (excludes halogenated alkanes) is 3. The standard InChI is InChI=1S/C26H31N.C24H27N/c1-4-5-6-7-8-23-13-19-26(20-14-23)27(24-15-9-21(2)10-16-24)25-17-11-22(3)12-18-25;1-18-6-12-21(13-7-18)25(22-14-8-19(2)9-15-22)23-16-10-20(11-17-23)24(3,4)5/h9-20H,4-8H2,1-3H3;6-17H,1-5H3. The Morgan fingerprint density at radius 1 is 0.365 bits per heavy atom. The number of hydrogen-bond acceptors (Lipinski definition) is 2. The molecule has 0 amide bonds. The molecule has 0 bridgehead atoms. The number of hydrogen-bond donors (Lipinski definition) is 0. The van der Waals surface area contributed by atoms with Crippen LogP contribution in [0.5, 0.6) is 0 Å². The molecule has 0 saturated carbocycles. The van der Waals surface area contributed by atoms with Crippen LogP contribution in [-0.4, -0.2) is 0 Å². The van der Waals surface area contributed by atoms with E-state index in [4.69, 9.17) is 0 Å². The van der Waals surface area contributed by atoms with E-state index < -0.39 is 0 Å². The first kappa shape index (κ1) is 38.2. The quantitative estimate of drug-likeness (QED) is 0.125. The van der Waals surface area contributed by atoms with E-state index in [0.29, 0.717) is 0 Å². The molecular formula is C50H58N2. The summed E-state index contributed by atoms with van der Waals surface area (Å²) < 4.78 is 0. The maximum Gasteiger partial charge on any atom is 0.0461 e. The van der Waals surface area contributed by atoms with E-state index in [2.05, 4.69) is 211 Å². The highest BCUT2D eigenvalue weighted by Crippen LogP contribution is 2.37. The second kappa shape index (κ2) is 17.9. The molecule has 0 aliphatic heterocycles. The van der Waals surface area contributed by atoms with E-state index in [9.17, 15) is 0 Å². The molecule has 0 spiro atoms. The van der Waals surface area contributed by atoms with Crippen LogP contribution in [0.2, 0.25) is 0 Å². The normalized spacial score (nSPS) is 11.1. The monoisotopic (exact) mass is 686 g/mol. The maximum atomic E-state index is 2.33. The molecule has 0 fully saturated rings. The zero-order valence-electron chi connectivity index (χ0n) is 32.8. The summed E-state index contributed by atoms with van der Waals surface area (Å²) in [5.74, 6) is 0. The van der Waals surface area contributed by atoms with Gasteiger partial charge in [0.2, 0.25) is 0 Å². The molecule has 52 heavy (non-hydrogen) atoms. The minimum absolute atomic E-state index is 0.164. The van der Waals surface area contributed by atoms with Gasteiger partial charge in [0.25, 0.3) is 0 Å². The lowest BCUT2D eigenvalue weighted by Gasteiger charge is -2.27. The Hall–Kier alpha value is -5.08. The lowest BCUT2D eigenvalue weighted by atomic mass is 9.87. The van der Waals surface area contributed by atoms with Crippen LogP contribution in [0.15, 0.2) is 146 Å². The van der Waals surface area contributed by atoms with Gasteiger partial charge in [-0.15, -0.1) is 0 Å². The number of aryl methyl sites for hydroxylation is 5. The summed E-state index contributed by atoms with van der Waals surface area (Å²) in [5, 5.41) is 0. The fourth-order valence-corrected chi connectivity index (χ4v) is 6.35. The van der Waals surface area contributed by atoms with Gasteiger partial charge >= 0.3 is 0 Å². The van der Waals surface area contributed by atoms with Crippen LogP contribution >= 0.6 is 0 Å². The Morgan fingerprint density at radius 2 is 0.654 bits per heavy atom. The average molecular weight is 687 g/mol. The highest BCUT2D eigenvalue weighted by molar-refractivity contribution is 5.78. The minimum atomic E-state index is 0.164. The largest absolute Gasteiger partial charge is 0.311 e. The van der Waals surface area contributed by atoms with Crippen molar-refractivity contribution in [3.63, 3.8) is 0 Å². The second-order valence-electron chi connectivity index (χ2n) is 15.3. The van der Waals surface area contributed by atoms with Crippen molar-refractivity contribution < 1.29 is 0 Å². The van der Waals surface area contributed by atoms with Gasteiger partial charge in [-0.2, -0.15) is 0 Å². The fraction of sp³-hybridized carbons (Fsp3) is 0.280. The third-order valence-electron chi connectivity index (χ3n) is 9.67. The van der Waals surface area contributed by atoms with Crippen molar-refractivity contribution >= 4 is 34.1 Å². The number of nitrogens with zero attached hydrogens (tertiary/aromatic N) is 2. The predicted molar refractivity (Wildman–Crippen MR) is 228 cm³/mol. The smallest absolute Gasteiger partial charge is 0.0461 e. The Bertz CT molecular complexity index is 1840. The highest BCUT2D eigenvalue weighted by atomic mass is 15.1. The molecule has 0 N–H and O–H groups in total. The molecule has 6 rings (SSSR count). The van der Waals surface area contributed by atoms with Crippen LogP contribution in [0.25, 0.3) is 0 Å². The van der Waals surface area contributed by atoms with Gasteiger partial charge in [-0.1, -0.05) is 142 Å². The molecular weight excluding hydrogens is 629 g/mol. The van der Waals surface area contributed by atoms with E-state index in [-0.39, 0.29) is 5.41 Å². The van der Waals surface area contributed by atoms with Crippen LogP contribution in [0, 0.1) is 27.7 Å². The fourth-order valence-electron chi connectivity index (χ4n) is 6.35. The van der Waals surface area contributed by atoms with Gasteiger partial charge in [0.15, 0.2) is 0 Å². The van der Waals surface area contributed by atoms with E-state index in [1.165, 1.54) is 99.6 Å². The first-order valence-electron chi connectivity index (χ1n) is 19.1. The molecule has 0 aliphatic rings. The molecule has 6 aromatic rings. The van der Waals surface area contributed by atoms with Gasteiger partial charge in [-0.05, 0) is 130 Å². The van der Waals surface area contributed by atoms with Crippen LogP contribution in [0.3, 0.4) is 0 Å². The Balaban J connectivity index is 0.000000202. The topological polar surface area (TPSA) is 6.48 Å². The van der Waals surface area contributed by atoms with Crippen molar-refractivity contribution in [2.75, 3.05) is 9.80 Å². The van der Waals surface area contributed by atoms with Crippen LogP contribution in [-0.2, 0) is 11.8 Å². The first-order chi connectivity index (χ1) is 25.0. The second-order valence-corrected chi connectivity index (χ2v) is 15.3. The Kier molecular flexibility index (Phi) is 13.1. The Morgan fingerprint density at radius 3 is 0.942 bits per heavy atom. The van der Waals surface area contributed by atoms with Gasteiger partial charge in [0.1, 0.15) is 0 Å². The summed E-state index contributed by atoms with van der Waals surface area (Å²) in [7, 11) is 0. The number of rotatable bonds is 11. The molecule has 6 aromatic carbocycles. The molecule has 0 radical (unpaired) electrons. The van der Waals surface area contributed by atoms with Crippen LogP contribution in [0.4, 0.5) is 34.1 Å². The zero-order valence-corrected chi connectivity index (χ0v) is 32.8. The molecule has 0 atom stereocenters. The molecule has 0 heterocycles. The van der Waals surface area contributed by atoms with Crippen molar-refractivity contribution in [2.24, 2.45) is 0 Å². The summed E-state index contributed by atoms with van der Waals surface area (Å²) in [6.45, 7) is 17.5. The molecule has 2 heteroatoms. The SMILES string of the molecule is CCCCCCc1ccc(N(c2ccc(C)cc2)c2ccc(C)cc2)cc1.Cc1ccc(N(c2ccc(C)cc2)c2ccc(C(C)(C)C)cc2)cc1. The lowest BCUT2D eigenvalue weighted by Crippen LogP contribution is -2.13. The van der Waals surface area contributed by atoms with E-state index >= 15 is 0 Å². The van der Waals surface area contributed by atoms with Crippen molar-refractivity contribution in [2.45, 2.75) is 92.9 Å². The van der Waals surface area contributed by atoms with E-state index in [1.54, 1.807) is 0 Å². The van der Waals surface area contributed by atoms with Gasteiger partial charge in [-0.3, -0.25) is 0 Å². The number of anilines is 6. The zero-order chi connectivity index (χ0) is 37.1. The Labute approximate surface area is 314 Å². The van der Waals surface area contributed by atoms with Crippen molar-refractivity contribution in [3.05, 3.63) is 179 Å². The van der Waals surface area contributed by atoms with E-state index in [0.717, 1.165) is 0 Å². The minimum Gasteiger partial charge on any atom is -0.311 e.